The Labute approximate surface area is 144 Å². The molecule has 2 aliphatic rings. The monoisotopic (exact) mass is 337 g/mol. The SMILES string of the molecule is O=C1NC2=C(C(=O)N(Cc3ccccc3)C2)[C@@H](c2ccc(F)cc2)N1. The van der Waals surface area contributed by atoms with Crippen molar-refractivity contribution in [3.63, 3.8) is 0 Å². The van der Waals surface area contributed by atoms with Crippen LogP contribution in [0.1, 0.15) is 17.2 Å². The van der Waals surface area contributed by atoms with E-state index in [2.05, 4.69) is 10.6 Å². The van der Waals surface area contributed by atoms with Crippen molar-refractivity contribution in [1.82, 2.24) is 15.5 Å². The van der Waals surface area contributed by atoms with E-state index in [0.717, 1.165) is 5.56 Å². The number of nitrogens with one attached hydrogen (secondary N) is 2. The first kappa shape index (κ1) is 15.4. The highest BCUT2D eigenvalue weighted by Gasteiger charge is 2.40. The maximum absolute atomic E-state index is 13.2. The molecule has 0 spiro atoms. The summed E-state index contributed by atoms with van der Waals surface area (Å²) >= 11 is 0. The molecule has 2 aromatic carbocycles. The zero-order chi connectivity index (χ0) is 17.4. The van der Waals surface area contributed by atoms with Gasteiger partial charge in [0, 0.05) is 6.54 Å². The van der Waals surface area contributed by atoms with Gasteiger partial charge < -0.3 is 15.5 Å². The second-order valence-corrected chi connectivity index (χ2v) is 6.12. The number of nitrogens with zero attached hydrogens (tertiary/aromatic N) is 1. The fourth-order valence-corrected chi connectivity index (χ4v) is 3.26. The lowest BCUT2D eigenvalue weighted by Gasteiger charge is -2.25. The molecule has 6 heteroatoms. The molecule has 0 aliphatic carbocycles. The van der Waals surface area contributed by atoms with Crippen LogP contribution in [0.5, 0.6) is 0 Å². The summed E-state index contributed by atoms with van der Waals surface area (Å²) in [5, 5.41) is 5.49. The smallest absolute Gasteiger partial charge is 0.319 e. The van der Waals surface area contributed by atoms with Crippen LogP contribution in [0, 0.1) is 5.82 Å². The Balaban J connectivity index is 1.63. The first-order valence-corrected chi connectivity index (χ1v) is 8.01. The summed E-state index contributed by atoms with van der Waals surface area (Å²) in [6.45, 7) is 0.826. The van der Waals surface area contributed by atoms with Crippen molar-refractivity contribution in [3.8, 4) is 0 Å². The molecule has 126 valence electrons. The normalized spacial score (nSPS) is 19.6. The summed E-state index contributed by atoms with van der Waals surface area (Å²) in [6, 6.07) is 14.6. The maximum atomic E-state index is 13.2. The number of benzene rings is 2. The van der Waals surface area contributed by atoms with Gasteiger partial charge in [0.15, 0.2) is 0 Å². The van der Waals surface area contributed by atoms with Crippen molar-refractivity contribution in [3.05, 3.63) is 82.8 Å². The van der Waals surface area contributed by atoms with Gasteiger partial charge in [-0.25, -0.2) is 9.18 Å². The third-order valence-electron chi connectivity index (χ3n) is 4.44. The quantitative estimate of drug-likeness (QED) is 0.904. The van der Waals surface area contributed by atoms with Crippen molar-refractivity contribution < 1.29 is 14.0 Å². The first-order chi connectivity index (χ1) is 12.1. The highest BCUT2D eigenvalue weighted by Crippen LogP contribution is 2.33. The molecular weight excluding hydrogens is 321 g/mol. The number of urea groups is 1. The van der Waals surface area contributed by atoms with Gasteiger partial charge in [-0.2, -0.15) is 0 Å². The van der Waals surface area contributed by atoms with Gasteiger partial charge in [-0.1, -0.05) is 42.5 Å². The van der Waals surface area contributed by atoms with Crippen LogP contribution in [0.25, 0.3) is 0 Å². The summed E-state index contributed by atoms with van der Waals surface area (Å²) in [5.74, 6) is -0.484. The lowest BCUT2D eigenvalue weighted by Crippen LogP contribution is -2.44. The van der Waals surface area contributed by atoms with Crippen molar-refractivity contribution in [1.29, 1.82) is 0 Å². The van der Waals surface area contributed by atoms with E-state index >= 15 is 0 Å². The summed E-state index contributed by atoms with van der Waals surface area (Å²) in [5.41, 5.74) is 2.83. The molecular formula is C19H16FN3O2. The van der Waals surface area contributed by atoms with E-state index in [0.29, 0.717) is 29.9 Å². The van der Waals surface area contributed by atoms with E-state index in [-0.39, 0.29) is 17.8 Å². The molecule has 0 bridgehead atoms. The third kappa shape index (κ3) is 2.87. The Bertz CT molecular complexity index is 862. The molecule has 5 nitrogen and oxygen atoms in total. The second kappa shape index (κ2) is 6.05. The predicted molar refractivity (Wildman–Crippen MR) is 89.7 cm³/mol. The molecule has 25 heavy (non-hydrogen) atoms. The van der Waals surface area contributed by atoms with Gasteiger partial charge in [0.2, 0.25) is 0 Å². The average Bonchev–Trinajstić information content (AvgIpc) is 2.91. The molecule has 0 saturated carbocycles. The van der Waals surface area contributed by atoms with Gasteiger partial charge in [-0.3, -0.25) is 4.79 Å². The van der Waals surface area contributed by atoms with E-state index in [1.165, 1.54) is 12.1 Å². The van der Waals surface area contributed by atoms with Gasteiger partial charge in [-0.15, -0.1) is 0 Å². The minimum atomic E-state index is -0.572. The minimum Gasteiger partial charge on any atom is -0.329 e. The van der Waals surface area contributed by atoms with Gasteiger partial charge in [0.25, 0.3) is 5.91 Å². The van der Waals surface area contributed by atoms with E-state index in [1.54, 1.807) is 17.0 Å². The molecule has 2 N–H and O–H groups in total. The Kier molecular flexibility index (Phi) is 3.72. The maximum Gasteiger partial charge on any atom is 0.319 e. The average molecular weight is 337 g/mol. The van der Waals surface area contributed by atoms with Crippen LogP contribution in [0.2, 0.25) is 0 Å². The highest BCUT2D eigenvalue weighted by molar-refractivity contribution is 6.01. The van der Waals surface area contributed by atoms with E-state index in [1.807, 2.05) is 30.3 Å². The topological polar surface area (TPSA) is 61.4 Å². The van der Waals surface area contributed by atoms with Crippen LogP contribution >= 0.6 is 0 Å². The molecule has 0 radical (unpaired) electrons. The zero-order valence-corrected chi connectivity index (χ0v) is 13.3. The number of rotatable bonds is 3. The molecule has 1 atom stereocenters. The van der Waals surface area contributed by atoms with Crippen LogP contribution in [0.15, 0.2) is 65.9 Å². The van der Waals surface area contributed by atoms with Crippen molar-refractivity contribution in [2.24, 2.45) is 0 Å². The molecule has 4 rings (SSSR count). The summed E-state index contributed by atoms with van der Waals surface area (Å²) in [4.78, 5) is 26.6. The van der Waals surface area contributed by atoms with Crippen LogP contribution < -0.4 is 10.6 Å². The summed E-state index contributed by atoms with van der Waals surface area (Å²) in [6.07, 6.45) is 0. The number of hydrogen-bond donors (Lipinski definition) is 2. The lowest BCUT2D eigenvalue weighted by atomic mass is 9.96. The van der Waals surface area contributed by atoms with Crippen molar-refractivity contribution in [2.75, 3.05) is 6.54 Å². The molecule has 0 saturated heterocycles. The minimum absolute atomic E-state index is 0.124. The standard InChI is InChI=1S/C19H16FN3O2/c20-14-8-6-13(7-9-14)17-16-15(21-19(25)22-17)11-23(18(16)24)10-12-4-2-1-3-5-12/h1-9,17H,10-11H2,(H2,21,22,25)/t17-/m1/s1. The molecule has 2 aliphatic heterocycles. The third-order valence-corrected chi connectivity index (χ3v) is 4.44. The Morgan fingerprint density at radius 3 is 2.48 bits per heavy atom. The molecule has 0 aromatic heterocycles. The summed E-state index contributed by atoms with van der Waals surface area (Å²) < 4.78 is 13.2. The van der Waals surface area contributed by atoms with Crippen LogP contribution in [-0.4, -0.2) is 23.4 Å². The van der Waals surface area contributed by atoms with E-state index < -0.39 is 6.04 Å². The number of hydrogen-bond acceptors (Lipinski definition) is 2. The first-order valence-electron chi connectivity index (χ1n) is 8.01. The van der Waals surface area contributed by atoms with E-state index in [4.69, 9.17) is 0 Å². The van der Waals surface area contributed by atoms with Crippen molar-refractivity contribution >= 4 is 11.9 Å². The molecule has 0 fully saturated rings. The zero-order valence-electron chi connectivity index (χ0n) is 13.3. The fourth-order valence-electron chi connectivity index (χ4n) is 3.26. The molecule has 0 unspecified atom stereocenters. The van der Waals surface area contributed by atoms with Gasteiger partial charge in [0.05, 0.1) is 23.9 Å². The fraction of sp³-hybridized carbons (Fsp3) is 0.158. The Morgan fingerprint density at radius 1 is 1.04 bits per heavy atom. The molecule has 3 amide bonds. The Morgan fingerprint density at radius 2 is 1.76 bits per heavy atom. The number of carbonyl (C=O) groups is 2. The lowest BCUT2D eigenvalue weighted by molar-refractivity contribution is -0.126. The van der Waals surface area contributed by atoms with E-state index in [9.17, 15) is 14.0 Å². The van der Waals surface area contributed by atoms with Gasteiger partial charge in [-0.05, 0) is 23.3 Å². The number of amides is 3. The number of carbonyl (C=O) groups excluding carboxylic acids is 2. The largest absolute Gasteiger partial charge is 0.329 e. The summed E-state index contributed by atoms with van der Waals surface area (Å²) in [7, 11) is 0. The van der Waals surface area contributed by atoms with Crippen molar-refractivity contribution in [2.45, 2.75) is 12.6 Å². The number of halogens is 1. The van der Waals surface area contributed by atoms with Crippen LogP contribution in [0.4, 0.5) is 9.18 Å². The molecule has 2 heterocycles. The predicted octanol–water partition coefficient (Wildman–Crippen LogP) is 2.48. The highest BCUT2D eigenvalue weighted by atomic mass is 19.1. The second-order valence-electron chi connectivity index (χ2n) is 6.12. The van der Waals surface area contributed by atoms with Gasteiger partial charge >= 0.3 is 6.03 Å². The van der Waals surface area contributed by atoms with Gasteiger partial charge in [0.1, 0.15) is 5.82 Å². The van der Waals surface area contributed by atoms with Crippen LogP contribution in [-0.2, 0) is 11.3 Å². The molecule has 2 aromatic rings. The van der Waals surface area contributed by atoms with Crippen LogP contribution in [0.3, 0.4) is 0 Å². The Hall–Kier alpha value is -3.15.